The highest BCUT2D eigenvalue weighted by molar-refractivity contribution is 5.97. The van der Waals surface area contributed by atoms with Crippen molar-refractivity contribution < 1.29 is 4.79 Å². The second kappa shape index (κ2) is 8.57. The summed E-state index contributed by atoms with van der Waals surface area (Å²) in [6.07, 6.45) is 3.35. The molecule has 0 aliphatic carbocycles. The van der Waals surface area contributed by atoms with Gasteiger partial charge in [-0.3, -0.25) is 9.78 Å². The van der Waals surface area contributed by atoms with Crippen molar-refractivity contribution >= 4 is 17.5 Å². The zero-order valence-corrected chi connectivity index (χ0v) is 16.9. The van der Waals surface area contributed by atoms with E-state index in [0.29, 0.717) is 23.9 Å². The quantitative estimate of drug-likeness (QED) is 0.534. The molecule has 0 unspecified atom stereocenters. The van der Waals surface area contributed by atoms with Gasteiger partial charge in [-0.15, -0.1) is 5.10 Å². The summed E-state index contributed by atoms with van der Waals surface area (Å²) in [7, 11) is 4.00. The zero-order valence-electron chi connectivity index (χ0n) is 16.9. The Hall–Kier alpha value is -4.00. The Kier molecular flexibility index (Phi) is 5.52. The highest BCUT2D eigenvalue weighted by atomic mass is 16.2. The number of nitrogens with one attached hydrogen (secondary N) is 1. The lowest BCUT2D eigenvalue weighted by molar-refractivity contribution is 0.0947. The lowest BCUT2D eigenvalue weighted by Gasteiger charge is -2.17. The topological polar surface area (TPSA) is 75.9 Å². The number of nitrogens with zero attached hydrogens (tertiary/aromatic N) is 5. The van der Waals surface area contributed by atoms with Gasteiger partial charge in [-0.1, -0.05) is 36.4 Å². The monoisotopic (exact) mass is 398 g/mol. The molecule has 2 aromatic carbocycles. The minimum absolute atomic E-state index is 0.244. The molecule has 0 amide bonds. The summed E-state index contributed by atoms with van der Waals surface area (Å²) in [5.74, 6) is 0.612. The summed E-state index contributed by atoms with van der Waals surface area (Å²) in [5, 5.41) is 7.77. The molecule has 0 bridgehead atoms. The first-order valence-corrected chi connectivity index (χ1v) is 9.60. The van der Waals surface area contributed by atoms with Gasteiger partial charge in [-0.2, -0.15) is 9.67 Å². The predicted molar refractivity (Wildman–Crippen MR) is 118 cm³/mol. The van der Waals surface area contributed by atoms with Gasteiger partial charge < -0.3 is 10.2 Å². The fourth-order valence-electron chi connectivity index (χ4n) is 3.17. The second-order valence-corrected chi connectivity index (χ2v) is 6.95. The molecule has 7 heteroatoms. The van der Waals surface area contributed by atoms with Crippen molar-refractivity contribution in [3.8, 4) is 11.4 Å². The largest absolute Gasteiger partial charge is 0.377 e. The van der Waals surface area contributed by atoms with Gasteiger partial charge in [-0.25, -0.2) is 0 Å². The van der Waals surface area contributed by atoms with Crippen LogP contribution in [0, 0.1) is 0 Å². The number of pyridine rings is 1. The number of benzene rings is 2. The lowest BCUT2D eigenvalue weighted by atomic mass is 10.1. The summed E-state index contributed by atoms with van der Waals surface area (Å²) in [6.45, 7) is 0.505. The summed E-state index contributed by atoms with van der Waals surface area (Å²) >= 11 is 0. The van der Waals surface area contributed by atoms with E-state index in [1.807, 2.05) is 62.6 Å². The molecule has 30 heavy (non-hydrogen) atoms. The normalized spacial score (nSPS) is 10.6. The highest BCUT2D eigenvalue weighted by Crippen LogP contribution is 2.22. The average molecular weight is 398 g/mol. The van der Waals surface area contributed by atoms with Crippen molar-refractivity contribution in [2.45, 2.75) is 6.54 Å². The van der Waals surface area contributed by atoms with Crippen molar-refractivity contribution in [3.05, 3.63) is 90.3 Å². The van der Waals surface area contributed by atoms with Gasteiger partial charge in [0.15, 0.2) is 5.82 Å². The van der Waals surface area contributed by atoms with Crippen molar-refractivity contribution in [2.75, 3.05) is 24.3 Å². The Labute approximate surface area is 175 Å². The zero-order chi connectivity index (χ0) is 20.9. The van der Waals surface area contributed by atoms with Crippen LogP contribution < -0.4 is 10.2 Å². The molecule has 7 nitrogen and oxygen atoms in total. The van der Waals surface area contributed by atoms with Crippen LogP contribution in [0.2, 0.25) is 0 Å². The lowest BCUT2D eigenvalue weighted by Crippen LogP contribution is -2.18. The van der Waals surface area contributed by atoms with Gasteiger partial charge in [0, 0.05) is 49.8 Å². The van der Waals surface area contributed by atoms with Crippen molar-refractivity contribution in [1.29, 1.82) is 0 Å². The maximum Gasteiger partial charge on any atom is 0.281 e. The number of carbonyl (C=O) groups is 1. The third-order valence-corrected chi connectivity index (χ3v) is 4.67. The number of rotatable bonds is 6. The first-order valence-electron chi connectivity index (χ1n) is 9.60. The molecule has 0 aliphatic rings. The number of anilines is 2. The molecule has 150 valence electrons. The number of hydrogen-bond acceptors (Lipinski definition) is 6. The van der Waals surface area contributed by atoms with Gasteiger partial charge >= 0.3 is 0 Å². The van der Waals surface area contributed by atoms with Gasteiger partial charge in [0.2, 0.25) is 5.95 Å². The first kappa shape index (κ1) is 19.3. The van der Waals surface area contributed by atoms with Crippen LogP contribution in [0.5, 0.6) is 0 Å². The molecule has 4 rings (SSSR count). The first-order chi connectivity index (χ1) is 14.6. The smallest absolute Gasteiger partial charge is 0.281 e. The third kappa shape index (κ3) is 4.05. The number of para-hydroxylation sites is 1. The molecule has 0 radical (unpaired) electrons. The highest BCUT2D eigenvalue weighted by Gasteiger charge is 2.19. The Morgan fingerprint density at radius 1 is 0.967 bits per heavy atom. The van der Waals surface area contributed by atoms with E-state index in [-0.39, 0.29) is 5.91 Å². The minimum atomic E-state index is -0.244. The summed E-state index contributed by atoms with van der Waals surface area (Å²) in [4.78, 5) is 23.8. The van der Waals surface area contributed by atoms with Gasteiger partial charge in [0.25, 0.3) is 5.91 Å². The van der Waals surface area contributed by atoms with E-state index in [9.17, 15) is 4.79 Å². The van der Waals surface area contributed by atoms with Crippen LogP contribution in [0.4, 0.5) is 11.6 Å². The van der Waals surface area contributed by atoms with Gasteiger partial charge in [-0.05, 0) is 35.9 Å². The third-order valence-electron chi connectivity index (χ3n) is 4.67. The number of carbonyl (C=O) groups excluding carboxylic acids is 1. The number of aromatic nitrogens is 4. The van der Waals surface area contributed by atoms with E-state index in [1.54, 1.807) is 24.5 Å². The minimum Gasteiger partial charge on any atom is -0.377 e. The summed E-state index contributed by atoms with van der Waals surface area (Å²) < 4.78 is 1.32. The Morgan fingerprint density at radius 3 is 2.40 bits per heavy atom. The molecular weight excluding hydrogens is 376 g/mol. The molecule has 0 spiro atoms. The molecule has 0 aliphatic heterocycles. The number of hydrogen-bond donors (Lipinski definition) is 1. The van der Waals surface area contributed by atoms with E-state index >= 15 is 0 Å². The second-order valence-electron chi connectivity index (χ2n) is 6.95. The Balaban J connectivity index is 1.69. The molecule has 1 N–H and O–H groups in total. The van der Waals surface area contributed by atoms with Crippen molar-refractivity contribution in [1.82, 2.24) is 19.7 Å². The SMILES string of the molecule is CN(C)c1ccccc1CNc1nc(-c2ccncc2)nn1C(=O)c1ccccc1. The van der Waals surface area contributed by atoms with Crippen LogP contribution in [-0.4, -0.2) is 39.8 Å². The van der Waals surface area contributed by atoms with Crippen molar-refractivity contribution in [3.63, 3.8) is 0 Å². The van der Waals surface area contributed by atoms with Gasteiger partial charge in [0.05, 0.1) is 0 Å². The Bertz CT molecular complexity index is 1140. The van der Waals surface area contributed by atoms with Crippen molar-refractivity contribution in [2.24, 2.45) is 0 Å². The van der Waals surface area contributed by atoms with E-state index in [0.717, 1.165) is 16.8 Å². The van der Waals surface area contributed by atoms with Crippen LogP contribution in [0.25, 0.3) is 11.4 Å². The molecule has 0 fully saturated rings. The average Bonchev–Trinajstić information content (AvgIpc) is 3.23. The van der Waals surface area contributed by atoms with E-state index < -0.39 is 0 Å². The standard InChI is InChI=1S/C23H22N6O/c1-28(2)20-11-7-6-10-19(20)16-25-23-26-21(17-12-14-24-15-13-17)27-29(23)22(30)18-8-4-3-5-9-18/h3-15H,16H2,1-2H3,(H,25,26,27). The summed E-state index contributed by atoms with van der Waals surface area (Å²) in [6, 6.07) is 20.8. The molecule has 2 heterocycles. The van der Waals surface area contributed by atoms with E-state index in [1.165, 1.54) is 4.68 Å². The summed E-state index contributed by atoms with van der Waals surface area (Å²) in [5.41, 5.74) is 3.52. The maximum absolute atomic E-state index is 13.1. The maximum atomic E-state index is 13.1. The van der Waals surface area contributed by atoms with Crippen LogP contribution in [0.3, 0.4) is 0 Å². The molecule has 2 aromatic heterocycles. The fraction of sp³-hybridized carbons (Fsp3) is 0.130. The molecule has 0 atom stereocenters. The van der Waals surface area contributed by atoms with E-state index in [2.05, 4.69) is 31.3 Å². The van der Waals surface area contributed by atoms with Crippen LogP contribution >= 0.6 is 0 Å². The predicted octanol–water partition coefficient (Wildman–Crippen LogP) is 3.71. The molecular formula is C23H22N6O. The molecule has 4 aromatic rings. The van der Waals surface area contributed by atoms with Gasteiger partial charge in [0.1, 0.15) is 0 Å². The van der Waals surface area contributed by atoms with Crippen LogP contribution in [0.1, 0.15) is 15.9 Å². The molecule has 0 saturated carbocycles. The fourth-order valence-corrected chi connectivity index (χ4v) is 3.17. The Morgan fingerprint density at radius 2 is 1.67 bits per heavy atom. The molecule has 0 saturated heterocycles. The van der Waals surface area contributed by atoms with E-state index in [4.69, 9.17) is 0 Å². The van der Waals surface area contributed by atoms with Crippen LogP contribution in [0.15, 0.2) is 79.1 Å². The van der Waals surface area contributed by atoms with Crippen LogP contribution in [-0.2, 0) is 6.54 Å².